The van der Waals surface area contributed by atoms with Gasteiger partial charge in [-0.3, -0.25) is 9.88 Å². The molecule has 6 heterocycles. The number of thiophene rings is 1. The number of halogens is 1. The molecule has 0 spiro atoms. The van der Waals surface area contributed by atoms with Crippen LogP contribution in [-0.2, 0) is 21.5 Å². The number of carbonyl (C=O) groups excluding carboxylic acids is 1. The van der Waals surface area contributed by atoms with E-state index in [9.17, 15) is 4.79 Å². The molecule has 4 aliphatic rings. The Bertz CT molecular complexity index is 970. The van der Waals surface area contributed by atoms with Gasteiger partial charge in [-0.15, -0.1) is 11.3 Å². The molecular weight excluding hydrogens is 522 g/mol. The van der Waals surface area contributed by atoms with E-state index in [0.717, 1.165) is 54.7 Å². The topological polar surface area (TPSA) is 42.4 Å². The maximum Gasteiger partial charge on any atom is 0.332 e. The van der Waals surface area contributed by atoms with Crippen LogP contribution in [0.1, 0.15) is 61.5 Å². The van der Waals surface area contributed by atoms with Crippen LogP contribution in [0.5, 0.6) is 0 Å². The minimum Gasteiger partial charge on any atom is -1.00 e. The number of likely N-dealkylation sites (tertiary alicyclic amines) is 1. The summed E-state index contributed by atoms with van der Waals surface area (Å²) >= 11 is 1.69. The van der Waals surface area contributed by atoms with Crippen LogP contribution < -0.4 is 17.0 Å². The predicted octanol–water partition coefficient (Wildman–Crippen LogP) is 1.94. The Morgan fingerprint density at radius 1 is 1.23 bits per heavy atom. The zero-order chi connectivity index (χ0) is 23.6. The number of pyridine rings is 1. The number of piperidine rings is 4. The third kappa shape index (κ3) is 5.68. The van der Waals surface area contributed by atoms with Crippen LogP contribution in [0.4, 0.5) is 0 Å². The summed E-state index contributed by atoms with van der Waals surface area (Å²) in [6, 6.07) is 6.44. The number of rotatable bonds is 8. The van der Waals surface area contributed by atoms with Crippen molar-refractivity contribution in [1.29, 1.82) is 0 Å². The molecule has 0 saturated carbocycles. The second-order valence-electron chi connectivity index (χ2n) is 11.0. The number of hydrogen-bond donors (Lipinski definition) is 0. The van der Waals surface area contributed by atoms with Crippen LogP contribution in [0.25, 0.3) is 0 Å². The maximum absolute atomic E-state index is 13.9. The molecule has 0 N–H and O–H groups in total. The molecule has 0 aromatic carbocycles. The molecule has 2 aromatic heterocycles. The summed E-state index contributed by atoms with van der Waals surface area (Å²) < 4.78 is 7.59. The highest BCUT2D eigenvalue weighted by atomic mass is 79.9. The highest BCUT2D eigenvalue weighted by Crippen LogP contribution is 2.40. The molecule has 0 aliphatic carbocycles. The van der Waals surface area contributed by atoms with E-state index in [-0.39, 0.29) is 29.1 Å². The standard InChI is InChI=1S/C28H40N3O2S.BrH/c1-22-18-23(20-29-19-22)8-6-14-31-15-10-24(11-16-31)25(21-31)33-27(32)28(2,26-9-7-17-34-26)30-12-4-3-5-13-30;/h7,9,17-20,24-25H,3-6,8,10-16,21H2,1-2H3;1H/q+1;/p-1/t24?,25-,28?,31?;/m0./s1. The number of aryl methyl sites for hydroxylation is 2. The molecule has 1 unspecified atom stereocenters. The average molecular weight is 563 g/mol. The first-order chi connectivity index (χ1) is 16.5. The van der Waals surface area contributed by atoms with Crippen molar-refractivity contribution in [1.82, 2.24) is 9.88 Å². The van der Waals surface area contributed by atoms with E-state index in [1.807, 2.05) is 12.4 Å². The Morgan fingerprint density at radius 3 is 2.69 bits per heavy atom. The zero-order valence-electron chi connectivity index (χ0n) is 21.3. The highest BCUT2D eigenvalue weighted by Gasteiger charge is 2.50. The van der Waals surface area contributed by atoms with E-state index in [0.29, 0.717) is 5.92 Å². The molecule has 4 aliphatic heterocycles. The van der Waals surface area contributed by atoms with Gasteiger partial charge in [0.15, 0.2) is 11.6 Å². The second kappa shape index (κ2) is 11.4. The minimum atomic E-state index is -0.663. The maximum atomic E-state index is 13.9. The van der Waals surface area contributed by atoms with Crippen LogP contribution >= 0.6 is 11.3 Å². The first-order valence-corrected chi connectivity index (χ1v) is 14.1. The van der Waals surface area contributed by atoms with Crippen molar-refractivity contribution in [3.8, 4) is 0 Å². The van der Waals surface area contributed by atoms with Gasteiger partial charge in [0.1, 0.15) is 6.54 Å². The van der Waals surface area contributed by atoms with Crippen LogP contribution in [0.3, 0.4) is 0 Å². The molecule has 5 nitrogen and oxygen atoms in total. The molecule has 2 bridgehead atoms. The molecule has 35 heavy (non-hydrogen) atoms. The number of nitrogens with zero attached hydrogens (tertiary/aromatic N) is 3. The number of quaternary nitrogens is 1. The van der Waals surface area contributed by atoms with E-state index in [4.69, 9.17) is 4.74 Å². The summed E-state index contributed by atoms with van der Waals surface area (Å²) in [6.07, 6.45) is 12.2. The number of aromatic nitrogens is 1. The van der Waals surface area contributed by atoms with E-state index in [1.165, 1.54) is 50.0 Å². The summed E-state index contributed by atoms with van der Waals surface area (Å²) in [5, 5.41) is 2.09. The van der Waals surface area contributed by atoms with Gasteiger partial charge in [0, 0.05) is 42.5 Å². The van der Waals surface area contributed by atoms with Crippen molar-refractivity contribution in [2.45, 2.75) is 70.4 Å². The third-order valence-corrected chi connectivity index (χ3v) is 9.80. The first-order valence-electron chi connectivity index (χ1n) is 13.2. The van der Waals surface area contributed by atoms with Crippen molar-refractivity contribution in [2.75, 3.05) is 39.3 Å². The Balaban J connectivity index is 0.00000289. The Morgan fingerprint density at radius 2 is 2.00 bits per heavy atom. The van der Waals surface area contributed by atoms with Crippen LogP contribution in [0.15, 0.2) is 36.0 Å². The number of esters is 1. The lowest BCUT2D eigenvalue weighted by molar-refractivity contribution is -0.946. The third-order valence-electron chi connectivity index (χ3n) is 8.72. The summed E-state index contributed by atoms with van der Waals surface area (Å²) in [4.78, 5) is 21.7. The van der Waals surface area contributed by atoms with E-state index >= 15 is 0 Å². The fraction of sp³-hybridized carbons (Fsp3) is 0.643. The van der Waals surface area contributed by atoms with Crippen molar-refractivity contribution in [3.63, 3.8) is 0 Å². The average Bonchev–Trinajstić information content (AvgIpc) is 3.40. The minimum absolute atomic E-state index is 0. The van der Waals surface area contributed by atoms with Crippen molar-refractivity contribution >= 4 is 17.3 Å². The molecule has 6 rings (SSSR count). The van der Waals surface area contributed by atoms with Gasteiger partial charge in [0.05, 0.1) is 19.6 Å². The normalized spacial score (nSPS) is 28.2. The first kappa shape index (κ1) is 26.8. The summed E-state index contributed by atoms with van der Waals surface area (Å²) in [7, 11) is 0. The lowest BCUT2D eigenvalue weighted by atomic mass is 9.82. The quantitative estimate of drug-likeness (QED) is 0.365. The molecular formula is C28H40BrN3O2S. The molecule has 7 heteroatoms. The van der Waals surface area contributed by atoms with Gasteiger partial charge >= 0.3 is 5.97 Å². The van der Waals surface area contributed by atoms with Crippen LogP contribution in [0.2, 0.25) is 0 Å². The zero-order valence-corrected chi connectivity index (χ0v) is 23.7. The number of carbonyl (C=O) groups is 1. The van der Waals surface area contributed by atoms with E-state index in [1.54, 1.807) is 11.3 Å². The lowest BCUT2D eigenvalue weighted by Gasteiger charge is -2.52. The van der Waals surface area contributed by atoms with Crippen molar-refractivity contribution in [2.24, 2.45) is 5.92 Å². The lowest BCUT2D eigenvalue weighted by Crippen LogP contribution is -3.00. The van der Waals surface area contributed by atoms with Gasteiger partial charge in [-0.1, -0.05) is 18.6 Å². The fourth-order valence-corrected chi connectivity index (χ4v) is 7.48. The van der Waals surface area contributed by atoms with E-state index < -0.39 is 5.54 Å². The summed E-state index contributed by atoms with van der Waals surface area (Å²) in [5.41, 5.74) is 1.91. The van der Waals surface area contributed by atoms with Crippen molar-refractivity contribution in [3.05, 3.63) is 52.0 Å². The molecule has 0 radical (unpaired) electrons. The number of hydrogen-bond acceptors (Lipinski definition) is 5. The summed E-state index contributed by atoms with van der Waals surface area (Å²) in [6.45, 7) is 10.8. The van der Waals surface area contributed by atoms with Gasteiger partial charge in [-0.2, -0.15) is 0 Å². The molecule has 2 atom stereocenters. The fourth-order valence-electron chi connectivity index (χ4n) is 6.58. The molecule has 0 amide bonds. The SMILES string of the molecule is Cc1cncc(CCC[N+]23CCC(CC2)[C@@H](OC(=O)C(C)(c2cccs2)N2CCCCC2)C3)c1.[Br-]. The molecule has 2 aromatic rings. The van der Waals surface area contributed by atoms with Crippen LogP contribution in [-0.4, -0.2) is 65.7 Å². The molecule has 4 saturated heterocycles. The Labute approximate surface area is 225 Å². The molecule has 4 fully saturated rings. The largest absolute Gasteiger partial charge is 1.00 e. The smallest absolute Gasteiger partial charge is 0.332 e. The Hall–Kier alpha value is -1.28. The predicted molar refractivity (Wildman–Crippen MR) is 137 cm³/mol. The number of fused-ring (bicyclic) bond motifs is 3. The highest BCUT2D eigenvalue weighted by molar-refractivity contribution is 7.10. The second-order valence-corrected chi connectivity index (χ2v) is 12.0. The number of ether oxygens (including phenoxy) is 1. The summed E-state index contributed by atoms with van der Waals surface area (Å²) in [5.74, 6) is 0.499. The van der Waals surface area contributed by atoms with Gasteiger partial charge in [-0.25, -0.2) is 4.79 Å². The Kier molecular flexibility index (Phi) is 8.73. The van der Waals surface area contributed by atoms with Gasteiger partial charge in [-0.05, 0) is 68.8 Å². The van der Waals surface area contributed by atoms with Crippen molar-refractivity contribution < 1.29 is 31.0 Å². The molecule has 192 valence electrons. The van der Waals surface area contributed by atoms with Gasteiger partial charge in [0.2, 0.25) is 0 Å². The van der Waals surface area contributed by atoms with Gasteiger partial charge in [0.25, 0.3) is 0 Å². The monoisotopic (exact) mass is 561 g/mol. The van der Waals surface area contributed by atoms with E-state index in [2.05, 4.69) is 47.3 Å². The van der Waals surface area contributed by atoms with Crippen LogP contribution in [0, 0.1) is 12.8 Å². The van der Waals surface area contributed by atoms with Gasteiger partial charge < -0.3 is 26.2 Å².